The maximum absolute atomic E-state index is 5.61. The summed E-state index contributed by atoms with van der Waals surface area (Å²) in [5.74, 6) is 1.20. The van der Waals surface area contributed by atoms with Crippen molar-refractivity contribution in [2.24, 2.45) is 16.8 Å². The summed E-state index contributed by atoms with van der Waals surface area (Å²) >= 11 is 0. The highest BCUT2D eigenvalue weighted by Gasteiger charge is 2.21. The van der Waals surface area contributed by atoms with Gasteiger partial charge in [0.1, 0.15) is 5.84 Å². The maximum Gasteiger partial charge on any atom is 0.124 e. The fraction of sp³-hybridized carbons (Fsp3) is 0.857. The molecular formula is C7H15N3. The lowest BCUT2D eigenvalue weighted by Gasteiger charge is -2.18. The predicted molar refractivity (Wildman–Crippen MR) is 42.6 cm³/mol. The van der Waals surface area contributed by atoms with Gasteiger partial charge in [-0.05, 0) is 13.8 Å². The van der Waals surface area contributed by atoms with Gasteiger partial charge < -0.3 is 5.73 Å². The number of nitrogens with zero attached hydrogens (tertiary/aromatic N) is 2. The minimum atomic E-state index is 0.433. The lowest BCUT2D eigenvalue weighted by Crippen LogP contribution is -2.25. The van der Waals surface area contributed by atoms with Gasteiger partial charge in [0.15, 0.2) is 0 Å². The van der Waals surface area contributed by atoms with Gasteiger partial charge in [0.05, 0.1) is 0 Å². The molecule has 0 aromatic heterocycles. The molecule has 58 valence electrons. The molecule has 0 aromatic rings. The van der Waals surface area contributed by atoms with Crippen molar-refractivity contribution < 1.29 is 0 Å². The molecule has 1 atom stereocenters. The van der Waals surface area contributed by atoms with Crippen molar-refractivity contribution in [3.05, 3.63) is 0 Å². The summed E-state index contributed by atoms with van der Waals surface area (Å²) in [6, 6.07) is 0.475. The molecule has 0 amide bonds. The number of hydrogen-bond donors (Lipinski definition) is 1. The van der Waals surface area contributed by atoms with E-state index < -0.39 is 0 Å². The second-order valence-electron chi connectivity index (χ2n) is 3.14. The zero-order valence-electron chi connectivity index (χ0n) is 6.83. The minimum absolute atomic E-state index is 0.433. The monoisotopic (exact) mass is 141 g/mol. The Kier molecular flexibility index (Phi) is 1.83. The number of nitrogens with two attached hydrogens (primary N) is 1. The van der Waals surface area contributed by atoms with Crippen LogP contribution in [0.5, 0.6) is 0 Å². The molecule has 1 heterocycles. The van der Waals surface area contributed by atoms with Crippen LogP contribution in [0.1, 0.15) is 20.8 Å². The lowest BCUT2D eigenvalue weighted by atomic mass is 10.2. The van der Waals surface area contributed by atoms with E-state index in [1.807, 2.05) is 5.01 Å². The second kappa shape index (κ2) is 2.48. The minimum Gasteiger partial charge on any atom is -0.385 e. The topological polar surface area (TPSA) is 41.6 Å². The zero-order valence-corrected chi connectivity index (χ0v) is 6.83. The van der Waals surface area contributed by atoms with Crippen molar-refractivity contribution >= 4 is 5.84 Å². The van der Waals surface area contributed by atoms with Gasteiger partial charge in [-0.1, -0.05) is 6.92 Å². The van der Waals surface area contributed by atoms with Crippen LogP contribution in [-0.4, -0.2) is 23.4 Å². The van der Waals surface area contributed by atoms with Gasteiger partial charge in [-0.25, -0.2) is 0 Å². The Hall–Kier alpha value is -0.730. The van der Waals surface area contributed by atoms with E-state index in [0.29, 0.717) is 12.0 Å². The first-order chi connectivity index (χ1) is 4.61. The number of hydrogen-bond acceptors (Lipinski definition) is 3. The zero-order chi connectivity index (χ0) is 7.72. The molecule has 0 saturated carbocycles. The Labute approximate surface area is 61.9 Å². The average molecular weight is 141 g/mol. The molecule has 0 spiro atoms. The molecule has 0 fully saturated rings. The van der Waals surface area contributed by atoms with E-state index in [1.54, 1.807) is 0 Å². The molecule has 0 aromatic carbocycles. The van der Waals surface area contributed by atoms with E-state index in [4.69, 9.17) is 5.73 Å². The number of hydrazone groups is 1. The quantitative estimate of drug-likeness (QED) is 0.581. The molecule has 0 radical (unpaired) electrons. The van der Waals surface area contributed by atoms with E-state index >= 15 is 0 Å². The first-order valence-corrected chi connectivity index (χ1v) is 3.72. The Balaban J connectivity index is 2.56. The Morgan fingerprint density at radius 3 is 2.50 bits per heavy atom. The predicted octanol–water partition coefficient (Wildman–Crippen LogP) is 0.619. The van der Waals surface area contributed by atoms with E-state index in [9.17, 15) is 0 Å². The van der Waals surface area contributed by atoms with Crippen LogP contribution in [0.25, 0.3) is 0 Å². The second-order valence-corrected chi connectivity index (χ2v) is 3.14. The van der Waals surface area contributed by atoms with Crippen molar-refractivity contribution in [1.82, 2.24) is 5.01 Å². The molecule has 3 nitrogen and oxygen atoms in total. The first-order valence-electron chi connectivity index (χ1n) is 3.72. The van der Waals surface area contributed by atoms with E-state index in [2.05, 4.69) is 25.9 Å². The summed E-state index contributed by atoms with van der Waals surface area (Å²) in [5.41, 5.74) is 5.61. The summed E-state index contributed by atoms with van der Waals surface area (Å²) < 4.78 is 0. The fourth-order valence-electron chi connectivity index (χ4n) is 0.988. The summed E-state index contributed by atoms with van der Waals surface area (Å²) in [6.45, 7) is 7.31. The van der Waals surface area contributed by atoms with Crippen molar-refractivity contribution in [2.45, 2.75) is 26.8 Å². The van der Waals surface area contributed by atoms with Crippen LogP contribution in [-0.2, 0) is 0 Å². The lowest BCUT2D eigenvalue weighted by molar-refractivity contribution is 0.243. The molecule has 1 unspecified atom stereocenters. The van der Waals surface area contributed by atoms with Crippen molar-refractivity contribution in [1.29, 1.82) is 0 Å². The van der Waals surface area contributed by atoms with Crippen LogP contribution >= 0.6 is 0 Å². The fourth-order valence-corrected chi connectivity index (χ4v) is 0.988. The van der Waals surface area contributed by atoms with E-state index in [1.165, 1.54) is 0 Å². The smallest absolute Gasteiger partial charge is 0.124 e. The van der Waals surface area contributed by atoms with Crippen molar-refractivity contribution in [3.63, 3.8) is 0 Å². The number of amidine groups is 1. The van der Waals surface area contributed by atoms with Gasteiger partial charge in [-0.3, -0.25) is 5.01 Å². The maximum atomic E-state index is 5.61. The summed E-state index contributed by atoms with van der Waals surface area (Å²) in [4.78, 5) is 0. The largest absolute Gasteiger partial charge is 0.385 e. The van der Waals surface area contributed by atoms with Crippen LogP contribution in [0.3, 0.4) is 0 Å². The third kappa shape index (κ3) is 1.23. The van der Waals surface area contributed by atoms with Gasteiger partial charge >= 0.3 is 0 Å². The molecule has 3 heteroatoms. The third-order valence-corrected chi connectivity index (χ3v) is 1.81. The molecule has 0 saturated heterocycles. The standard InChI is InChI=1S/C7H15N3/c1-5(2)10-4-6(3)7(8)9-10/h5-6H,4H2,1-3H3,(H2,8,9). The summed E-state index contributed by atoms with van der Waals surface area (Å²) in [6.07, 6.45) is 0. The highest BCUT2D eigenvalue weighted by atomic mass is 15.5. The Bertz CT molecular complexity index is 151. The molecule has 2 N–H and O–H groups in total. The highest BCUT2D eigenvalue weighted by Crippen LogP contribution is 2.12. The summed E-state index contributed by atoms with van der Waals surface area (Å²) in [5, 5.41) is 6.22. The van der Waals surface area contributed by atoms with Crippen LogP contribution in [0.15, 0.2) is 5.10 Å². The Morgan fingerprint density at radius 2 is 2.30 bits per heavy atom. The van der Waals surface area contributed by atoms with Gasteiger partial charge in [-0.2, -0.15) is 5.10 Å². The van der Waals surface area contributed by atoms with Crippen LogP contribution < -0.4 is 5.73 Å². The van der Waals surface area contributed by atoms with E-state index in [-0.39, 0.29) is 0 Å². The number of rotatable bonds is 1. The average Bonchev–Trinajstić information content (AvgIpc) is 2.13. The molecule has 0 aliphatic carbocycles. The van der Waals surface area contributed by atoms with Gasteiger partial charge in [-0.15, -0.1) is 0 Å². The van der Waals surface area contributed by atoms with Crippen LogP contribution in [0, 0.1) is 5.92 Å². The molecule has 1 aliphatic rings. The first kappa shape index (κ1) is 7.38. The normalized spacial score (nSPS) is 25.8. The SMILES string of the molecule is CC1CN(C(C)C)N=C1N. The highest BCUT2D eigenvalue weighted by molar-refractivity contribution is 5.83. The van der Waals surface area contributed by atoms with Gasteiger partial charge in [0.2, 0.25) is 0 Å². The summed E-state index contributed by atoms with van der Waals surface area (Å²) in [7, 11) is 0. The molecule has 0 bridgehead atoms. The Morgan fingerprint density at radius 1 is 1.70 bits per heavy atom. The molecular weight excluding hydrogens is 126 g/mol. The molecule has 1 aliphatic heterocycles. The van der Waals surface area contributed by atoms with Crippen LogP contribution in [0.4, 0.5) is 0 Å². The van der Waals surface area contributed by atoms with E-state index in [0.717, 1.165) is 12.4 Å². The molecule has 1 rings (SSSR count). The molecule has 10 heavy (non-hydrogen) atoms. The van der Waals surface area contributed by atoms with Crippen molar-refractivity contribution in [3.8, 4) is 0 Å². The van der Waals surface area contributed by atoms with Gasteiger partial charge in [0, 0.05) is 18.5 Å². The van der Waals surface area contributed by atoms with Crippen LogP contribution in [0.2, 0.25) is 0 Å². The van der Waals surface area contributed by atoms with Crippen molar-refractivity contribution in [2.75, 3.05) is 6.54 Å². The third-order valence-electron chi connectivity index (χ3n) is 1.81. The van der Waals surface area contributed by atoms with Gasteiger partial charge in [0.25, 0.3) is 0 Å².